The molecule has 0 bridgehead atoms. The molecular formula is C60H48N4. The Hall–Kier alpha value is -7.43. The summed E-state index contributed by atoms with van der Waals surface area (Å²) in [5.41, 5.74) is 16.4. The van der Waals surface area contributed by atoms with Gasteiger partial charge in [-0.2, -0.15) is 0 Å². The second-order valence-electron chi connectivity index (χ2n) is 19.0. The summed E-state index contributed by atoms with van der Waals surface area (Å²) >= 11 is 0. The van der Waals surface area contributed by atoms with Gasteiger partial charge in [0, 0.05) is 33.2 Å². The fourth-order valence-electron chi connectivity index (χ4n) is 11.0. The Morgan fingerprint density at radius 1 is 0.375 bits per heavy atom. The lowest BCUT2D eigenvalue weighted by Crippen LogP contribution is -2.33. The molecule has 4 heteroatoms. The summed E-state index contributed by atoms with van der Waals surface area (Å²) in [5.74, 6) is 1.92. The summed E-state index contributed by atoms with van der Waals surface area (Å²) in [7, 11) is 0. The summed E-state index contributed by atoms with van der Waals surface area (Å²) in [5, 5.41) is 2.58. The molecule has 64 heavy (non-hydrogen) atoms. The molecule has 2 aliphatic rings. The zero-order valence-electron chi connectivity index (χ0n) is 36.7. The van der Waals surface area contributed by atoms with Crippen molar-refractivity contribution in [3.8, 4) is 51.0 Å². The molecule has 4 nitrogen and oxygen atoms in total. The number of aromatic nitrogens is 4. The van der Waals surface area contributed by atoms with Crippen LogP contribution >= 0.6 is 0 Å². The molecule has 0 amide bonds. The molecule has 0 aliphatic heterocycles. The van der Waals surface area contributed by atoms with Gasteiger partial charge in [-0.15, -0.1) is 0 Å². The second kappa shape index (κ2) is 14.3. The minimum absolute atomic E-state index is 0.102. The molecule has 0 saturated heterocycles. The van der Waals surface area contributed by atoms with Crippen molar-refractivity contribution in [1.29, 1.82) is 0 Å². The fraction of sp³-hybridized carbons (Fsp3) is 0.150. The Bertz CT molecular complexity index is 3380. The molecule has 10 aromatic rings. The van der Waals surface area contributed by atoms with Gasteiger partial charge in [0.05, 0.1) is 16.4 Å². The van der Waals surface area contributed by atoms with E-state index in [1.807, 2.05) is 18.2 Å². The maximum atomic E-state index is 5.31. The number of rotatable bonds is 6. The largest absolute Gasteiger partial charge is 0.309 e. The Morgan fingerprint density at radius 3 is 1.53 bits per heavy atom. The summed E-state index contributed by atoms with van der Waals surface area (Å²) in [6.07, 6.45) is 2.36. The lowest BCUT2D eigenvalue weighted by atomic mass is 9.63. The van der Waals surface area contributed by atoms with Crippen LogP contribution in [0.3, 0.4) is 0 Å². The van der Waals surface area contributed by atoms with E-state index in [0.29, 0.717) is 17.5 Å². The van der Waals surface area contributed by atoms with Crippen molar-refractivity contribution < 1.29 is 0 Å². The van der Waals surface area contributed by atoms with Gasteiger partial charge in [-0.1, -0.05) is 173 Å². The molecule has 0 spiro atoms. The van der Waals surface area contributed by atoms with E-state index in [1.54, 1.807) is 0 Å². The molecule has 0 unspecified atom stereocenters. The van der Waals surface area contributed by atoms with Crippen molar-refractivity contribution in [3.63, 3.8) is 0 Å². The van der Waals surface area contributed by atoms with E-state index in [-0.39, 0.29) is 10.8 Å². The molecule has 0 atom stereocenters. The molecule has 0 radical (unpaired) electrons. The number of hydrogen-bond acceptors (Lipinski definition) is 3. The lowest BCUT2D eigenvalue weighted by Gasteiger charge is -2.42. The molecule has 0 fully saturated rings. The van der Waals surface area contributed by atoms with Crippen LogP contribution in [0.15, 0.2) is 194 Å². The van der Waals surface area contributed by atoms with E-state index in [2.05, 4.69) is 208 Å². The molecule has 8 aromatic carbocycles. The topological polar surface area (TPSA) is 43.6 Å². The van der Waals surface area contributed by atoms with Crippen LogP contribution in [0.25, 0.3) is 72.8 Å². The Kier molecular flexibility index (Phi) is 8.55. The Labute approximate surface area is 375 Å². The zero-order valence-corrected chi connectivity index (χ0v) is 36.7. The van der Waals surface area contributed by atoms with E-state index in [0.717, 1.165) is 22.4 Å². The van der Waals surface area contributed by atoms with Crippen molar-refractivity contribution in [1.82, 2.24) is 19.5 Å². The van der Waals surface area contributed by atoms with Crippen molar-refractivity contribution in [3.05, 3.63) is 228 Å². The first-order valence-corrected chi connectivity index (χ1v) is 22.6. The van der Waals surface area contributed by atoms with Crippen LogP contribution < -0.4 is 0 Å². The minimum Gasteiger partial charge on any atom is -0.309 e. The minimum atomic E-state index is -0.531. The standard InChI is InChI=1S/C60H48N4/c1-58(2)34-35-59(3,4)52-38-54-48(37-51(52)58)47-25-15-17-27-53(47)64(54)44-31-28-40(29-32-44)56-61-55(39-18-8-5-9-19-39)62-57(63-56)41-30-33-46-45-24-14-16-26-49(45)60(50(46)36-41,42-20-10-6-11-21-42)43-22-12-7-13-23-43/h5-33,36-38H,34-35H2,1-4H3. The van der Waals surface area contributed by atoms with Gasteiger partial charge in [-0.05, 0) is 117 Å². The van der Waals surface area contributed by atoms with Gasteiger partial charge in [0.2, 0.25) is 0 Å². The third-order valence-electron chi connectivity index (χ3n) is 14.4. The van der Waals surface area contributed by atoms with E-state index in [9.17, 15) is 0 Å². The first kappa shape index (κ1) is 38.3. The first-order chi connectivity index (χ1) is 31.2. The predicted molar refractivity (Wildman–Crippen MR) is 263 cm³/mol. The SMILES string of the molecule is CC1(C)CCC(C)(C)c2cc3c(cc21)c1ccccc1n3-c1ccc(-c2nc(-c3ccccc3)nc(-c3ccc4c(c3)C(c3ccccc3)(c3ccccc3)c3ccccc3-4)n2)cc1. The van der Waals surface area contributed by atoms with Crippen LogP contribution in [0.1, 0.15) is 73.9 Å². The molecule has 0 N–H and O–H groups in total. The third kappa shape index (κ3) is 5.78. The average Bonchev–Trinajstić information content (AvgIpc) is 3.83. The monoisotopic (exact) mass is 824 g/mol. The van der Waals surface area contributed by atoms with E-state index in [4.69, 9.17) is 15.0 Å². The van der Waals surface area contributed by atoms with Crippen LogP contribution in [0.4, 0.5) is 0 Å². The number of fused-ring (bicyclic) bond motifs is 7. The van der Waals surface area contributed by atoms with E-state index in [1.165, 1.54) is 79.2 Å². The van der Waals surface area contributed by atoms with Gasteiger partial charge >= 0.3 is 0 Å². The maximum Gasteiger partial charge on any atom is 0.164 e. The van der Waals surface area contributed by atoms with Crippen LogP contribution in [0.5, 0.6) is 0 Å². The summed E-state index contributed by atoms with van der Waals surface area (Å²) in [4.78, 5) is 15.7. The van der Waals surface area contributed by atoms with Gasteiger partial charge < -0.3 is 4.57 Å². The van der Waals surface area contributed by atoms with Gasteiger partial charge in [0.15, 0.2) is 17.5 Å². The molecule has 2 heterocycles. The molecule has 0 saturated carbocycles. The highest BCUT2D eigenvalue weighted by molar-refractivity contribution is 6.10. The van der Waals surface area contributed by atoms with Gasteiger partial charge in [-0.3, -0.25) is 0 Å². The maximum absolute atomic E-state index is 5.31. The predicted octanol–water partition coefficient (Wildman–Crippen LogP) is 14.7. The van der Waals surface area contributed by atoms with Crippen LogP contribution in [-0.2, 0) is 16.2 Å². The van der Waals surface area contributed by atoms with Crippen molar-refractivity contribution in [2.75, 3.05) is 0 Å². The third-order valence-corrected chi connectivity index (χ3v) is 14.4. The highest BCUT2D eigenvalue weighted by Crippen LogP contribution is 2.57. The molecule has 2 aliphatic carbocycles. The zero-order chi connectivity index (χ0) is 43.2. The van der Waals surface area contributed by atoms with E-state index >= 15 is 0 Å². The highest BCUT2D eigenvalue weighted by Gasteiger charge is 2.46. The van der Waals surface area contributed by atoms with Crippen LogP contribution in [0, 0.1) is 0 Å². The normalized spacial score (nSPS) is 15.4. The van der Waals surface area contributed by atoms with Crippen molar-refractivity contribution in [2.45, 2.75) is 56.8 Å². The highest BCUT2D eigenvalue weighted by atomic mass is 15.0. The molecule has 2 aromatic heterocycles. The second-order valence-corrected chi connectivity index (χ2v) is 19.0. The fourth-order valence-corrected chi connectivity index (χ4v) is 11.0. The number of nitrogens with zero attached hydrogens (tertiary/aromatic N) is 4. The first-order valence-electron chi connectivity index (χ1n) is 22.6. The number of para-hydroxylation sites is 1. The van der Waals surface area contributed by atoms with Crippen LogP contribution in [-0.4, -0.2) is 19.5 Å². The Balaban J connectivity index is 1.02. The molecule has 12 rings (SSSR count). The van der Waals surface area contributed by atoms with Gasteiger partial charge in [-0.25, -0.2) is 15.0 Å². The lowest BCUT2D eigenvalue weighted by molar-refractivity contribution is 0.332. The molecule has 308 valence electrons. The molecular weight excluding hydrogens is 777 g/mol. The number of benzene rings is 8. The van der Waals surface area contributed by atoms with Crippen molar-refractivity contribution >= 4 is 21.8 Å². The van der Waals surface area contributed by atoms with Gasteiger partial charge in [0.25, 0.3) is 0 Å². The Morgan fingerprint density at radius 2 is 0.875 bits per heavy atom. The summed E-state index contributed by atoms with van der Waals surface area (Å²) < 4.78 is 2.44. The number of hydrogen-bond donors (Lipinski definition) is 0. The van der Waals surface area contributed by atoms with Crippen molar-refractivity contribution in [2.24, 2.45) is 0 Å². The van der Waals surface area contributed by atoms with Gasteiger partial charge in [0.1, 0.15) is 0 Å². The smallest absolute Gasteiger partial charge is 0.164 e. The summed E-state index contributed by atoms with van der Waals surface area (Å²) in [6.45, 7) is 9.64. The average molecular weight is 825 g/mol. The van der Waals surface area contributed by atoms with E-state index < -0.39 is 5.41 Å². The quantitative estimate of drug-likeness (QED) is 0.168. The summed E-state index contributed by atoms with van der Waals surface area (Å²) in [6, 6.07) is 70.4. The van der Waals surface area contributed by atoms with Crippen LogP contribution in [0.2, 0.25) is 0 Å².